The molecule has 4 atom stereocenters. The Kier molecular flexibility index (Phi) is 7.72. The van der Waals surface area contributed by atoms with Gasteiger partial charge in [0.25, 0.3) is 0 Å². The van der Waals surface area contributed by atoms with E-state index >= 15 is 0 Å². The van der Waals surface area contributed by atoms with E-state index in [9.17, 15) is 8.78 Å². The lowest BCUT2D eigenvalue weighted by molar-refractivity contribution is 0.0629. The normalized spacial score (nSPS) is 33.9. The highest BCUT2D eigenvalue weighted by atomic mass is 19.1. The van der Waals surface area contributed by atoms with Gasteiger partial charge in [0.15, 0.2) is 17.4 Å². The number of hydrogen-bond donors (Lipinski definition) is 0. The van der Waals surface area contributed by atoms with Gasteiger partial charge in [-0.25, -0.2) is 8.78 Å². The van der Waals surface area contributed by atoms with E-state index in [1.54, 1.807) is 6.08 Å². The van der Waals surface area contributed by atoms with Crippen molar-refractivity contribution in [3.05, 3.63) is 41.5 Å². The molecule has 0 aromatic heterocycles. The molecule has 3 saturated carbocycles. The van der Waals surface area contributed by atoms with Gasteiger partial charge < -0.3 is 4.74 Å². The lowest BCUT2D eigenvalue weighted by Gasteiger charge is -2.45. The fraction of sp³-hybridized carbons (Fsp3) is 0.714. The van der Waals surface area contributed by atoms with Crippen LogP contribution < -0.4 is 4.74 Å². The van der Waals surface area contributed by atoms with E-state index in [4.69, 9.17) is 4.74 Å². The smallest absolute Gasteiger partial charge is 0.191 e. The van der Waals surface area contributed by atoms with Crippen molar-refractivity contribution in [3.63, 3.8) is 0 Å². The summed E-state index contributed by atoms with van der Waals surface area (Å²) >= 11 is 0. The third-order valence-electron chi connectivity index (χ3n) is 8.83. The van der Waals surface area contributed by atoms with E-state index in [1.807, 2.05) is 13.0 Å². The molecule has 3 heteroatoms. The summed E-state index contributed by atoms with van der Waals surface area (Å²) in [6, 6.07) is 3.02. The summed E-state index contributed by atoms with van der Waals surface area (Å²) in [5.74, 6) is 3.55. The molecule has 1 aromatic rings. The highest BCUT2D eigenvalue weighted by molar-refractivity contribution is 5.33. The van der Waals surface area contributed by atoms with E-state index in [-0.39, 0.29) is 18.3 Å². The summed E-state index contributed by atoms with van der Waals surface area (Å²) < 4.78 is 34.2. The average molecular weight is 431 g/mol. The second-order valence-corrected chi connectivity index (χ2v) is 10.5. The Bertz CT molecular complexity index is 726. The van der Waals surface area contributed by atoms with Crippen molar-refractivity contribution >= 4 is 0 Å². The average Bonchev–Trinajstić information content (AvgIpc) is 2.80. The number of ether oxygens (including phenoxy) is 1. The fourth-order valence-electron chi connectivity index (χ4n) is 6.93. The first-order chi connectivity index (χ1) is 15.1. The van der Waals surface area contributed by atoms with Crippen molar-refractivity contribution in [1.29, 1.82) is 0 Å². The minimum atomic E-state index is -0.567. The van der Waals surface area contributed by atoms with Gasteiger partial charge in [0.05, 0.1) is 0 Å². The second kappa shape index (κ2) is 10.5. The van der Waals surface area contributed by atoms with Crippen LogP contribution in [0.1, 0.15) is 96.0 Å². The van der Waals surface area contributed by atoms with Crippen LogP contribution in [0.3, 0.4) is 0 Å². The monoisotopic (exact) mass is 430 g/mol. The second-order valence-electron chi connectivity index (χ2n) is 10.5. The Morgan fingerprint density at radius 3 is 2.06 bits per heavy atom. The van der Waals surface area contributed by atoms with Crippen molar-refractivity contribution in [3.8, 4) is 5.75 Å². The van der Waals surface area contributed by atoms with E-state index in [2.05, 4.69) is 6.92 Å². The third kappa shape index (κ3) is 5.34. The van der Waals surface area contributed by atoms with Crippen LogP contribution in [0, 0.1) is 41.2 Å². The van der Waals surface area contributed by atoms with Gasteiger partial charge in [-0.15, -0.1) is 0 Å². The molecule has 3 aliphatic rings. The minimum Gasteiger partial charge on any atom is -0.483 e. The standard InChI is InChI=1S/C28H40F2O/c1-3-5-14-31-28-26(29)17-25(18-27(28)30)21-10-8-20(9-11-21)23-13-12-22-15-19(4-2)6-7-24(22)16-23/h3,5,17-24H,4,6-16H2,1-2H3/b5-3+. The number of hydrogen-bond acceptors (Lipinski definition) is 1. The van der Waals surface area contributed by atoms with Crippen molar-refractivity contribution in [2.45, 2.75) is 90.4 Å². The minimum absolute atomic E-state index is 0.192. The number of fused-ring (bicyclic) bond motifs is 1. The highest BCUT2D eigenvalue weighted by Gasteiger charge is 2.38. The molecule has 0 N–H and O–H groups in total. The first-order valence-electron chi connectivity index (χ1n) is 12.8. The first-order valence-corrected chi connectivity index (χ1v) is 12.8. The maximum absolute atomic E-state index is 14.5. The zero-order valence-electron chi connectivity index (χ0n) is 19.4. The van der Waals surface area contributed by atoms with Gasteiger partial charge in [0.1, 0.15) is 6.61 Å². The molecule has 0 amide bonds. The summed E-state index contributed by atoms with van der Waals surface area (Å²) in [5, 5.41) is 0. The Morgan fingerprint density at radius 1 is 0.839 bits per heavy atom. The SMILES string of the molecule is C/C=C/COc1c(F)cc(C2CCC(C3CCC4CC(CC)CCC4C3)CC2)cc1F. The Morgan fingerprint density at radius 2 is 1.42 bits per heavy atom. The largest absolute Gasteiger partial charge is 0.483 e. The Labute approximate surface area is 187 Å². The highest BCUT2D eigenvalue weighted by Crippen LogP contribution is 2.50. The summed E-state index contributed by atoms with van der Waals surface area (Å²) in [7, 11) is 0. The van der Waals surface area contributed by atoms with Crippen LogP contribution in [-0.4, -0.2) is 6.61 Å². The lowest BCUT2D eigenvalue weighted by atomic mass is 9.60. The zero-order chi connectivity index (χ0) is 21.8. The number of rotatable bonds is 6. The zero-order valence-corrected chi connectivity index (χ0v) is 19.4. The number of halogens is 2. The molecule has 4 unspecified atom stereocenters. The van der Waals surface area contributed by atoms with Crippen molar-refractivity contribution in [1.82, 2.24) is 0 Å². The molecule has 0 spiro atoms. The molecular formula is C28H40F2O. The predicted octanol–water partition coefficient (Wildman–Crippen LogP) is 8.44. The van der Waals surface area contributed by atoms with Crippen LogP contribution in [0.2, 0.25) is 0 Å². The maximum Gasteiger partial charge on any atom is 0.191 e. The Hall–Kier alpha value is -1.38. The molecule has 3 aliphatic carbocycles. The summed E-state index contributed by atoms with van der Waals surface area (Å²) in [5.41, 5.74) is 0.813. The fourth-order valence-corrected chi connectivity index (χ4v) is 6.93. The molecule has 1 nitrogen and oxygen atoms in total. The van der Waals surface area contributed by atoms with Crippen molar-refractivity contribution in [2.24, 2.45) is 29.6 Å². The van der Waals surface area contributed by atoms with Crippen LogP contribution in [0.5, 0.6) is 5.75 Å². The number of allylic oxidation sites excluding steroid dienone is 1. The van der Waals surface area contributed by atoms with Crippen LogP contribution in [0.25, 0.3) is 0 Å². The molecule has 0 aliphatic heterocycles. The first kappa shape index (κ1) is 22.8. The topological polar surface area (TPSA) is 9.23 Å². The van der Waals surface area contributed by atoms with Gasteiger partial charge in [0.2, 0.25) is 0 Å². The number of benzene rings is 1. The lowest BCUT2D eigenvalue weighted by Crippen LogP contribution is -2.34. The van der Waals surface area contributed by atoms with Crippen molar-refractivity contribution in [2.75, 3.05) is 6.61 Å². The predicted molar refractivity (Wildman–Crippen MR) is 123 cm³/mol. The summed E-state index contributed by atoms with van der Waals surface area (Å²) in [4.78, 5) is 0. The Balaban J connectivity index is 1.31. The van der Waals surface area contributed by atoms with Crippen molar-refractivity contribution < 1.29 is 13.5 Å². The van der Waals surface area contributed by atoms with Gasteiger partial charge in [-0.3, -0.25) is 0 Å². The summed E-state index contributed by atoms with van der Waals surface area (Å²) in [6.45, 7) is 4.41. The van der Waals surface area contributed by atoms with E-state index in [1.165, 1.54) is 69.9 Å². The van der Waals surface area contributed by atoms with E-state index in [0.29, 0.717) is 0 Å². The molecule has 0 bridgehead atoms. The van der Waals surface area contributed by atoms with Crippen LogP contribution >= 0.6 is 0 Å². The van der Waals surface area contributed by atoms with Gasteiger partial charge in [0, 0.05) is 0 Å². The molecule has 0 heterocycles. The molecule has 0 radical (unpaired) electrons. The molecule has 3 fully saturated rings. The molecular weight excluding hydrogens is 390 g/mol. The van der Waals surface area contributed by atoms with Crippen LogP contribution in [0.4, 0.5) is 8.78 Å². The van der Waals surface area contributed by atoms with Gasteiger partial charge in [-0.1, -0.05) is 31.9 Å². The molecule has 0 saturated heterocycles. The summed E-state index contributed by atoms with van der Waals surface area (Å²) in [6.07, 6.45) is 18.1. The van der Waals surface area contributed by atoms with E-state index < -0.39 is 11.6 Å². The molecule has 172 valence electrons. The maximum atomic E-state index is 14.5. The molecule has 4 rings (SSSR count). The van der Waals surface area contributed by atoms with Gasteiger partial charge in [-0.05, 0) is 118 Å². The van der Waals surface area contributed by atoms with Crippen LogP contribution in [0.15, 0.2) is 24.3 Å². The molecule has 31 heavy (non-hydrogen) atoms. The van der Waals surface area contributed by atoms with E-state index in [0.717, 1.165) is 48.0 Å². The third-order valence-corrected chi connectivity index (χ3v) is 8.83. The molecule has 1 aromatic carbocycles. The van der Waals surface area contributed by atoms with Crippen LogP contribution in [-0.2, 0) is 0 Å². The van der Waals surface area contributed by atoms with Gasteiger partial charge in [-0.2, -0.15) is 0 Å². The van der Waals surface area contributed by atoms with Gasteiger partial charge >= 0.3 is 0 Å². The quantitative estimate of drug-likeness (QED) is 0.411.